The Kier molecular flexibility index (Phi) is 6.05. The van der Waals surface area contributed by atoms with E-state index in [9.17, 15) is 4.79 Å². The lowest BCUT2D eigenvalue weighted by molar-refractivity contribution is -0.197. The number of benzene rings is 1. The van der Waals surface area contributed by atoms with Crippen molar-refractivity contribution in [1.82, 2.24) is 19.7 Å². The smallest absolute Gasteiger partial charge is 0.259 e. The maximum Gasteiger partial charge on any atom is 0.259 e. The Bertz CT molecular complexity index is 1140. The topological polar surface area (TPSA) is 58.1 Å². The van der Waals surface area contributed by atoms with Crippen LogP contribution in [0.2, 0.25) is 0 Å². The fourth-order valence-electron chi connectivity index (χ4n) is 6.18. The molecule has 36 heavy (non-hydrogen) atoms. The van der Waals surface area contributed by atoms with Gasteiger partial charge < -0.3 is 14.4 Å². The molecule has 4 aliphatic heterocycles. The van der Waals surface area contributed by atoms with Gasteiger partial charge in [0.05, 0.1) is 25.5 Å². The van der Waals surface area contributed by atoms with E-state index < -0.39 is 5.60 Å². The highest BCUT2D eigenvalue weighted by Gasteiger charge is 2.50. The molecule has 0 saturated carbocycles. The standard InChI is InChI=1S/C29H38N4O3/c1-21(33-17-29(18-33)19-35-20-29)25-10-9-24-26(30-25)36-28(2,3)16-32(27(24)34)13-6-12-31-14-11-22-7-4-5-8-23(22)15-31/h4-5,7-10,21H,6,11-20H2,1-3H3. The van der Waals surface area contributed by atoms with Gasteiger partial charge in [0.1, 0.15) is 11.2 Å². The van der Waals surface area contributed by atoms with Crippen LogP contribution in [0.1, 0.15) is 60.4 Å². The number of carbonyl (C=O) groups excluding carboxylic acids is 1. The Morgan fingerprint density at radius 1 is 1.03 bits per heavy atom. The number of likely N-dealkylation sites (tertiary alicyclic amines) is 1. The third kappa shape index (κ3) is 4.53. The predicted molar refractivity (Wildman–Crippen MR) is 138 cm³/mol. The van der Waals surface area contributed by atoms with Crippen molar-refractivity contribution in [3.63, 3.8) is 0 Å². The van der Waals surface area contributed by atoms with E-state index in [1.54, 1.807) is 0 Å². The molecule has 1 spiro atoms. The quantitative estimate of drug-likeness (QED) is 0.618. The third-order valence-electron chi connectivity index (χ3n) is 8.33. The van der Waals surface area contributed by atoms with Crippen LogP contribution in [0.15, 0.2) is 36.4 Å². The molecule has 1 atom stereocenters. The van der Waals surface area contributed by atoms with Gasteiger partial charge in [0.2, 0.25) is 5.88 Å². The number of aromatic nitrogens is 1. The molecule has 0 aliphatic carbocycles. The van der Waals surface area contributed by atoms with Gasteiger partial charge in [-0.15, -0.1) is 0 Å². The van der Waals surface area contributed by atoms with E-state index in [0.717, 1.165) is 71.0 Å². The average molecular weight is 491 g/mol. The van der Waals surface area contributed by atoms with Crippen LogP contribution in [0.3, 0.4) is 0 Å². The molecule has 2 fully saturated rings. The summed E-state index contributed by atoms with van der Waals surface area (Å²) in [6.07, 6.45) is 2.05. The lowest BCUT2D eigenvalue weighted by Crippen LogP contribution is -2.66. The molecule has 1 amide bonds. The van der Waals surface area contributed by atoms with Crippen molar-refractivity contribution in [3.8, 4) is 5.88 Å². The molecule has 1 unspecified atom stereocenters. The molecule has 7 heteroatoms. The minimum Gasteiger partial charge on any atom is -0.469 e. The second-order valence-corrected chi connectivity index (χ2v) is 11.9. The van der Waals surface area contributed by atoms with E-state index >= 15 is 0 Å². The normalized spacial score (nSPS) is 23.6. The predicted octanol–water partition coefficient (Wildman–Crippen LogP) is 3.54. The van der Waals surface area contributed by atoms with Crippen LogP contribution in [0.5, 0.6) is 5.88 Å². The van der Waals surface area contributed by atoms with Gasteiger partial charge in [0.25, 0.3) is 5.91 Å². The number of rotatable bonds is 6. The van der Waals surface area contributed by atoms with Gasteiger partial charge in [-0.2, -0.15) is 0 Å². The summed E-state index contributed by atoms with van der Waals surface area (Å²) in [5.41, 5.74) is 4.32. The summed E-state index contributed by atoms with van der Waals surface area (Å²) in [5, 5.41) is 0. The summed E-state index contributed by atoms with van der Waals surface area (Å²) >= 11 is 0. The fraction of sp³-hybridized carbons (Fsp3) is 0.586. The van der Waals surface area contributed by atoms with E-state index in [-0.39, 0.29) is 11.9 Å². The minimum atomic E-state index is -0.496. The summed E-state index contributed by atoms with van der Waals surface area (Å²) in [7, 11) is 0. The first kappa shape index (κ1) is 23.9. The van der Waals surface area contributed by atoms with Gasteiger partial charge >= 0.3 is 0 Å². The lowest BCUT2D eigenvalue weighted by Gasteiger charge is -2.56. The van der Waals surface area contributed by atoms with Crippen LogP contribution in [0, 0.1) is 5.41 Å². The van der Waals surface area contributed by atoms with Crippen molar-refractivity contribution in [2.75, 3.05) is 52.5 Å². The first-order chi connectivity index (χ1) is 17.3. The summed E-state index contributed by atoms with van der Waals surface area (Å²) in [5.74, 6) is 0.507. The number of pyridine rings is 1. The van der Waals surface area contributed by atoms with Crippen molar-refractivity contribution >= 4 is 5.91 Å². The highest BCUT2D eigenvalue weighted by molar-refractivity contribution is 5.96. The molecular weight excluding hydrogens is 452 g/mol. The zero-order valence-electron chi connectivity index (χ0n) is 21.8. The number of amides is 1. The summed E-state index contributed by atoms with van der Waals surface area (Å²) < 4.78 is 11.8. The van der Waals surface area contributed by atoms with Crippen LogP contribution < -0.4 is 4.74 Å². The van der Waals surface area contributed by atoms with Gasteiger partial charge in [-0.05, 0) is 56.9 Å². The average Bonchev–Trinajstić information content (AvgIpc) is 2.89. The van der Waals surface area contributed by atoms with E-state index in [4.69, 9.17) is 14.5 Å². The Morgan fingerprint density at radius 3 is 2.56 bits per heavy atom. The van der Waals surface area contributed by atoms with Crippen molar-refractivity contribution in [2.45, 2.75) is 51.8 Å². The molecule has 0 N–H and O–H groups in total. The van der Waals surface area contributed by atoms with E-state index in [1.165, 1.54) is 11.1 Å². The number of hydrogen-bond donors (Lipinski definition) is 0. The van der Waals surface area contributed by atoms with Gasteiger partial charge in [0, 0.05) is 50.7 Å². The van der Waals surface area contributed by atoms with Crippen LogP contribution in [0.4, 0.5) is 0 Å². The van der Waals surface area contributed by atoms with Crippen molar-refractivity contribution in [1.29, 1.82) is 0 Å². The van der Waals surface area contributed by atoms with Gasteiger partial charge in [-0.3, -0.25) is 14.6 Å². The molecule has 0 bridgehead atoms. The first-order valence-electron chi connectivity index (χ1n) is 13.4. The molecule has 4 aliphatic rings. The van der Waals surface area contributed by atoms with Gasteiger partial charge in [-0.25, -0.2) is 4.98 Å². The molecule has 192 valence electrons. The highest BCUT2D eigenvalue weighted by atomic mass is 16.5. The molecule has 1 aromatic carbocycles. The Balaban J connectivity index is 1.10. The zero-order chi connectivity index (χ0) is 24.9. The number of fused-ring (bicyclic) bond motifs is 2. The molecule has 6 rings (SSSR count). The van der Waals surface area contributed by atoms with E-state index in [0.29, 0.717) is 23.4 Å². The Hall–Kier alpha value is -2.48. The highest BCUT2D eigenvalue weighted by Crippen LogP contribution is 2.42. The van der Waals surface area contributed by atoms with Crippen molar-refractivity contribution < 1.29 is 14.3 Å². The van der Waals surface area contributed by atoms with Crippen LogP contribution >= 0.6 is 0 Å². The number of carbonyl (C=O) groups is 1. The first-order valence-corrected chi connectivity index (χ1v) is 13.4. The van der Waals surface area contributed by atoms with Crippen LogP contribution in [0.25, 0.3) is 0 Å². The van der Waals surface area contributed by atoms with E-state index in [1.807, 2.05) is 17.0 Å². The van der Waals surface area contributed by atoms with E-state index in [2.05, 4.69) is 54.8 Å². The fourth-order valence-corrected chi connectivity index (χ4v) is 6.18. The molecule has 0 radical (unpaired) electrons. The molecule has 7 nitrogen and oxygen atoms in total. The molecule has 2 aromatic rings. The summed E-state index contributed by atoms with van der Waals surface area (Å²) in [6, 6.07) is 12.9. The SMILES string of the molecule is CC(c1ccc2c(n1)OC(C)(C)CN(CCCN1CCc3ccccc3C1)C2=O)N1CC2(COC2)C1. The van der Waals surface area contributed by atoms with Gasteiger partial charge in [0.15, 0.2) is 0 Å². The molecule has 1 aromatic heterocycles. The van der Waals surface area contributed by atoms with Crippen molar-refractivity contribution in [2.24, 2.45) is 5.41 Å². The maximum atomic E-state index is 13.6. The lowest BCUT2D eigenvalue weighted by atomic mass is 9.77. The monoisotopic (exact) mass is 490 g/mol. The summed E-state index contributed by atoms with van der Waals surface area (Å²) in [4.78, 5) is 25.3. The Labute approximate surface area is 214 Å². The molecule has 5 heterocycles. The maximum absolute atomic E-state index is 13.6. The van der Waals surface area contributed by atoms with Crippen LogP contribution in [-0.4, -0.2) is 83.7 Å². The second kappa shape index (κ2) is 9.12. The number of ether oxygens (including phenoxy) is 2. The molecular formula is C29H38N4O3. The largest absolute Gasteiger partial charge is 0.469 e. The Morgan fingerprint density at radius 2 is 1.81 bits per heavy atom. The third-order valence-corrected chi connectivity index (χ3v) is 8.33. The second-order valence-electron chi connectivity index (χ2n) is 11.9. The molecule has 2 saturated heterocycles. The number of hydrogen-bond acceptors (Lipinski definition) is 6. The van der Waals surface area contributed by atoms with Gasteiger partial charge in [-0.1, -0.05) is 24.3 Å². The summed E-state index contributed by atoms with van der Waals surface area (Å²) in [6.45, 7) is 14.5. The minimum absolute atomic E-state index is 0.0285. The van der Waals surface area contributed by atoms with Crippen molar-refractivity contribution in [3.05, 3.63) is 58.8 Å². The van der Waals surface area contributed by atoms with Crippen LogP contribution in [-0.2, 0) is 17.7 Å². The zero-order valence-corrected chi connectivity index (χ0v) is 21.8. The number of nitrogens with zero attached hydrogens (tertiary/aromatic N) is 4.